The lowest BCUT2D eigenvalue weighted by Crippen LogP contribution is -2.49. The van der Waals surface area contributed by atoms with Gasteiger partial charge >= 0.3 is 0 Å². The Morgan fingerprint density at radius 2 is 1.77 bits per heavy atom. The Kier molecular flexibility index (Phi) is 7.30. The van der Waals surface area contributed by atoms with E-state index in [1.54, 1.807) is 25.5 Å². The molecule has 0 aliphatic carbocycles. The van der Waals surface area contributed by atoms with Crippen molar-refractivity contribution in [3.8, 4) is 11.3 Å². The molecule has 1 fully saturated rings. The Labute approximate surface area is 203 Å². The molecule has 3 heterocycles. The first-order valence-electron chi connectivity index (χ1n) is 11.3. The maximum atomic E-state index is 11.7. The fraction of sp³-hybridized carbons (Fsp3) is 0.280. The molecule has 0 unspecified atom stereocenters. The van der Waals surface area contributed by atoms with E-state index in [2.05, 4.69) is 31.9 Å². The first-order valence-corrected chi connectivity index (χ1v) is 11.3. The van der Waals surface area contributed by atoms with Crippen molar-refractivity contribution in [3.63, 3.8) is 0 Å². The smallest absolute Gasteiger partial charge is 0.221 e. The Bertz CT molecular complexity index is 1280. The Morgan fingerprint density at radius 3 is 2.43 bits per heavy atom. The van der Waals surface area contributed by atoms with Crippen LogP contribution in [0.15, 0.2) is 65.1 Å². The van der Waals surface area contributed by atoms with Crippen LogP contribution in [0.4, 0.5) is 5.69 Å². The van der Waals surface area contributed by atoms with E-state index in [-0.39, 0.29) is 11.8 Å². The molecule has 1 N–H and O–H groups in total. The molecular formula is C25H28N8O2. The van der Waals surface area contributed by atoms with Gasteiger partial charge in [-0.15, -0.1) is 0 Å². The molecule has 1 saturated heterocycles. The summed E-state index contributed by atoms with van der Waals surface area (Å²) in [5, 5.41) is 2.77. The quantitative estimate of drug-likeness (QED) is 0.438. The van der Waals surface area contributed by atoms with Crippen LogP contribution in [0.2, 0.25) is 0 Å². The van der Waals surface area contributed by atoms with Gasteiger partial charge in [0.05, 0.1) is 30.3 Å². The number of imidazole rings is 1. The third kappa shape index (κ3) is 5.78. The molecule has 180 valence electrons. The average Bonchev–Trinajstić information content (AvgIpc) is 3.26. The summed E-state index contributed by atoms with van der Waals surface area (Å²) < 4.78 is 1.98. The van der Waals surface area contributed by atoms with E-state index in [0.717, 1.165) is 34.1 Å². The Hall–Kier alpha value is -4.34. The minimum atomic E-state index is -0.111. The first-order chi connectivity index (χ1) is 16.9. The highest BCUT2D eigenvalue weighted by molar-refractivity contribution is 5.93. The third-order valence-corrected chi connectivity index (χ3v) is 5.75. The SMILES string of the molecule is C=N/C=C\C(=NCc1cnc2cnc(-c3ccc(NC(C)=O)cc3)cn12)N1CCN(C(C)=O)CC1. The Balaban J connectivity index is 1.55. The molecular weight excluding hydrogens is 444 g/mol. The fourth-order valence-electron chi connectivity index (χ4n) is 3.92. The van der Waals surface area contributed by atoms with Crippen LogP contribution in [0.5, 0.6) is 0 Å². The Morgan fingerprint density at radius 1 is 1.06 bits per heavy atom. The van der Waals surface area contributed by atoms with E-state index >= 15 is 0 Å². The first kappa shape index (κ1) is 23.8. The van der Waals surface area contributed by atoms with Gasteiger partial charge in [0.15, 0.2) is 5.65 Å². The number of amides is 2. The van der Waals surface area contributed by atoms with E-state index in [9.17, 15) is 9.59 Å². The van der Waals surface area contributed by atoms with Crippen molar-refractivity contribution >= 4 is 35.7 Å². The number of hydrogen-bond donors (Lipinski definition) is 1. The maximum absolute atomic E-state index is 11.7. The molecule has 0 atom stereocenters. The summed E-state index contributed by atoms with van der Waals surface area (Å²) in [6.45, 7) is 9.74. The molecule has 0 radical (unpaired) electrons. The van der Waals surface area contributed by atoms with Crippen molar-refractivity contribution in [2.75, 3.05) is 31.5 Å². The van der Waals surface area contributed by atoms with E-state index in [4.69, 9.17) is 4.99 Å². The van der Waals surface area contributed by atoms with Gasteiger partial charge < -0.3 is 15.1 Å². The van der Waals surface area contributed by atoms with Gasteiger partial charge in [-0.25, -0.2) is 4.98 Å². The van der Waals surface area contributed by atoms with Crippen molar-refractivity contribution in [1.29, 1.82) is 0 Å². The second-order valence-corrected chi connectivity index (χ2v) is 8.17. The lowest BCUT2D eigenvalue weighted by Gasteiger charge is -2.35. The minimum absolute atomic E-state index is 0.0892. The van der Waals surface area contributed by atoms with Crippen LogP contribution < -0.4 is 5.32 Å². The number of nitrogens with zero attached hydrogens (tertiary/aromatic N) is 7. The van der Waals surface area contributed by atoms with Crippen molar-refractivity contribution in [2.24, 2.45) is 9.98 Å². The number of anilines is 1. The van der Waals surface area contributed by atoms with E-state index < -0.39 is 0 Å². The predicted octanol–water partition coefficient (Wildman–Crippen LogP) is 2.63. The molecule has 4 rings (SSSR count). The standard InChI is InChI=1S/C25H28N8O2/c1-18(34)30-21-6-4-20(5-7-21)23-17-33-22(15-29-25(33)16-27-23)14-28-24(8-9-26-3)32-12-10-31(11-13-32)19(2)35/h4-9,15-17H,3,10-14H2,1-2H3,(H,30,34)/b9-8-,28-24?. The second-order valence-electron chi connectivity index (χ2n) is 8.17. The lowest BCUT2D eigenvalue weighted by molar-refractivity contribution is -0.130. The number of fused-ring (bicyclic) bond motifs is 1. The topological polar surface area (TPSA) is 108 Å². The van der Waals surface area contributed by atoms with Gasteiger partial charge in [-0.05, 0) is 24.9 Å². The summed E-state index contributed by atoms with van der Waals surface area (Å²) in [5.74, 6) is 0.768. The van der Waals surface area contributed by atoms with Crippen LogP contribution in [0.25, 0.3) is 16.9 Å². The average molecular weight is 473 g/mol. The molecule has 10 heteroatoms. The molecule has 1 aliphatic rings. The van der Waals surface area contributed by atoms with Gasteiger partial charge in [-0.1, -0.05) is 12.1 Å². The normalized spacial score (nSPS) is 14.5. The minimum Gasteiger partial charge on any atom is -0.353 e. The molecule has 35 heavy (non-hydrogen) atoms. The van der Waals surface area contributed by atoms with E-state index in [1.807, 2.05) is 45.8 Å². The number of rotatable bonds is 6. The highest BCUT2D eigenvalue weighted by Crippen LogP contribution is 2.21. The summed E-state index contributed by atoms with van der Waals surface area (Å²) in [6, 6.07) is 7.53. The zero-order valence-corrected chi connectivity index (χ0v) is 19.9. The molecule has 10 nitrogen and oxygen atoms in total. The molecule has 1 aromatic carbocycles. The van der Waals surface area contributed by atoms with Crippen LogP contribution in [0, 0.1) is 0 Å². The van der Waals surface area contributed by atoms with Crippen molar-refractivity contribution in [2.45, 2.75) is 20.4 Å². The number of carbonyl (C=O) groups is 2. The van der Waals surface area contributed by atoms with Gasteiger partial charge in [0.2, 0.25) is 11.8 Å². The van der Waals surface area contributed by atoms with Gasteiger partial charge in [0, 0.05) is 63.7 Å². The maximum Gasteiger partial charge on any atom is 0.221 e. The molecule has 0 saturated carbocycles. The number of aromatic nitrogens is 3. The number of piperazine rings is 1. The number of hydrogen-bond acceptors (Lipinski definition) is 6. The summed E-state index contributed by atoms with van der Waals surface area (Å²) in [7, 11) is 0. The predicted molar refractivity (Wildman–Crippen MR) is 136 cm³/mol. The number of nitrogens with one attached hydrogen (secondary N) is 1. The third-order valence-electron chi connectivity index (χ3n) is 5.75. The summed E-state index contributed by atoms with van der Waals surface area (Å²) in [5.41, 5.74) is 4.09. The zero-order chi connectivity index (χ0) is 24.8. The van der Waals surface area contributed by atoms with Crippen LogP contribution in [0.1, 0.15) is 19.5 Å². The number of carbonyl (C=O) groups excluding carboxylic acids is 2. The molecule has 2 aromatic heterocycles. The van der Waals surface area contributed by atoms with Crippen molar-refractivity contribution < 1.29 is 9.59 Å². The summed E-state index contributed by atoms with van der Waals surface area (Å²) in [4.78, 5) is 44.5. The fourth-order valence-corrected chi connectivity index (χ4v) is 3.92. The number of aliphatic imine (C=N–C) groups is 2. The molecule has 2 amide bonds. The second kappa shape index (κ2) is 10.7. The zero-order valence-electron chi connectivity index (χ0n) is 19.9. The highest BCUT2D eigenvalue weighted by Gasteiger charge is 2.20. The largest absolute Gasteiger partial charge is 0.353 e. The highest BCUT2D eigenvalue weighted by atomic mass is 16.2. The lowest BCUT2D eigenvalue weighted by atomic mass is 10.1. The summed E-state index contributed by atoms with van der Waals surface area (Å²) in [6.07, 6.45) is 8.92. The van der Waals surface area contributed by atoms with Crippen LogP contribution in [-0.4, -0.2) is 74.7 Å². The van der Waals surface area contributed by atoms with Crippen LogP contribution in [-0.2, 0) is 16.1 Å². The van der Waals surface area contributed by atoms with Crippen molar-refractivity contribution in [1.82, 2.24) is 24.2 Å². The molecule has 0 spiro atoms. The number of benzene rings is 1. The van der Waals surface area contributed by atoms with Gasteiger partial charge in [0.1, 0.15) is 5.84 Å². The van der Waals surface area contributed by atoms with Gasteiger partial charge in [0.25, 0.3) is 0 Å². The van der Waals surface area contributed by atoms with Crippen LogP contribution >= 0.6 is 0 Å². The van der Waals surface area contributed by atoms with Crippen LogP contribution in [0.3, 0.4) is 0 Å². The van der Waals surface area contributed by atoms with Gasteiger partial charge in [-0.3, -0.25) is 29.0 Å². The van der Waals surface area contributed by atoms with E-state index in [0.29, 0.717) is 32.7 Å². The summed E-state index contributed by atoms with van der Waals surface area (Å²) >= 11 is 0. The molecule has 3 aromatic rings. The van der Waals surface area contributed by atoms with Crippen molar-refractivity contribution in [3.05, 3.63) is 60.8 Å². The number of amidine groups is 1. The monoisotopic (exact) mass is 472 g/mol. The van der Waals surface area contributed by atoms with E-state index in [1.165, 1.54) is 6.92 Å². The van der Waals surface area contributed by atoms with Gasteiger partial charge in [-0.2, -0.15) is 0 Å². The molecule has 0 bridgehead atoms. The molecule has 1 aliphatic heterocycles.